The van der Waals surface area contributed by atoms with Crippen LogP contribution in [-0.2, 0) is 0 Å². The number of fused-ring (bicyclic) bond motifs is 6. The summed E-state index contributed by atoms with van der Waals surface area (Å²) in [5.74, 6) is 0.621. The Bertz CT molecular complexity index is 3300. The van der Waals surface area contributed by atoms with Gasteiger partial charge in [0.2, 0.25) is 0 Å². The van der Waals surface area contributed by atoms with E-state index in [0.29, 0.717) is 5.92 Å². The summed E-state index contributed by atoms with van der Waals surface area (Å²) in [5, 5.41) is 10.6. The average Bonchev–Trinajstić information content (AvgIpc) is 3.88. The van der Waals surface area contributed by atoms with Crippen LogP contribution < -0.4 is 20.7 Å². The molecule has 3 heteroatoms. The topological polar surface area (TPSA) is 9.86 Å². The fourth-order valence-electron chi connectivity index (χ4n) is 11.2. The molecule has 9 aromatic carbocycles. The van der Waals surface area contributed by atoms with Crippen LogP contribution in [0.1, 0.15) is 43.6 Å². The average molecular weight is 825 g/mol. The van der Waals surface area contributed by atoms with Crippen molar-refractivity contribution in [2.24, 2.45) is 0 Å². The second kappa shape index (κ2) is 15.6. The lowest BCUT2D eigenvalue weighted by molar-refractivity contribution is 0.444. The van der Waals surface area contributed by atoms with Gasteiger partial charge < -0.3 is 9.13 Å². The van der Waals surface area contributed by atoms with Gasteiger partial charge in [0.1, 0.15) is 0 Å². The van der Waals surface area contributed by atoms with Crippen LogP contribution in [0.4, 0.5) is 0 Å². The molecule has 11 aromatic rings. The molecule has 302 valence electrons. The molecule has 0 saturated heterocycles. The number of nitrogens with zero attached hydrogens (tertiary/aromatic N) is 2. The van der Waals surface area contributed by atoms with E-state index in [4.69, 9.17) is 0 Å². The lowest BCUT2D eigenvalue weighted by Gasteiger charge is -2.34. The highest BCUT2D eigenvalue weighted by Crippen LogP contribution is 2.42. The smallest absolute Gasteiger partial charge is 0.179 e. The van der Waals surface area contributed by atoms with E-state index in [1.54, 1.807) is 0 Å². The van der Waals surface area contributed by atoms with E-state index in [1.165, 1.54) is 119 Å². The fourth-order valence-corrected chi connectivity index (χ4v) is 15.9. The van der Waals surface area contributed by atoms with Crippen molar-refractivity contribution in [1.29, 1.82) is 0 Å². The van der Waals surface area contributed by atoms with Crippen molar-refractivity contribution in [3.63, 3.8) is 0 Å². The van der Waals surface area contributed by atoms with Crippen LogP contribution in [0, 0.1) is 0 Å². The summed E-state index contributed by atoms with van der Waals surface area (Å²) in [6.45, 7) is 0. The van der Waals surface area contributed by atoms with E-state index >= 15 is 0 Å². The van der Waals surface area contributed by atoms with E-state index in [1.807, 2.05) is 0 Å². The third-order valence-electron chi connectivity index (χ3n) is 14.1. The molecule has 1 fully saturated rings. The molecule has 2 aromatic heterocycles. The van der Waals surface area contributed by atoms with Crippen LogP contribution in [0.3, 0.4) is 0 Å². The lowest BCUT2D eigenvalue weighted by atomic mass is 9.84. The number of rotatable bonds is 8. The number of para-hydroxylation sites is 1. The molecule has 1 aliphatic rings. The van der Waals surface area contributed by atoms with Gasteiger partial charge in [-0.15, -0.1) is 0 Å². The predicted octanol–water partition coefficient (Wildman–Crippen LogP) is 13.0. The van der Waals surface area contributed by atoms with Gasteiger partial charge >= 0.3 is 0 Å². The third kappa shape index (κ3) is 6.13. The summed E-state index contributed by atoms with van der Waals surface area (Å²) >= 11 is 0. The summed E-state index contributed by atoms with van der Waals surface area (Å²) in [6, 6.07) is 84.4. The zero-order valence-electron chi connectivity index (χ0n) is 35.4. The summed E-state index contributed by atoms with van der Waals surface area (Å²) in [7, 11) is -2.69. The monoisotopic (exact) mass is 824 g/mol. The van der Waals surface area contributed by atoms with E-state index in [-0.39, 0.29) is 0 Å². The highest BCUT2D eigenvalue weighted by Gasteiger charge is 2.41. The number of hydrogen-bond acceptors (Lipinski definition) is 0. The first kappa shape index (κ1) is 37.5. The Morgan fingerprint density at radius 3 is 1.57 bits per heavy atom. The maximum atomic E-state index is 2.57. The second-order valence-electron chi connectivity index (χ2n) is 17.5. The quantitative estimate of drug-likeness (QED) is 0.107. The summed E-state index contributed by atoms with van der Waals surface area (Å²) in [6.07, 6.45) is 6.56. The summed E-state index contributed by atoms with van der Waals surface area (Å²) in [4.78, 5) is 0. The van der Waals surface area contributed by atoms with Gasteiger partial charge in [0.25, 0.3) is 0 Å². The minimum atomic E-state index is -2.69. The molecule has 0 N–H and O–H groups in total. The minimum Gasteiger partial charge on any atom is -0.309 e. The molecular formula is C60H48N2Si. The van der Waals surface area contributed by atoms with Crippen LogP contribution in [0.5, 0.6) is 0 Å². The van der Waals surface area contributed by atoms with Crippen molar-refractivity contribution in [3.05, 3.63) is 230 Å². The maximum Gasteiger partial charge on any atom is 0.179 e. The largest absolute Gasteiger partial charge is 0.309 e. The highest BCUT2D eigenvalue weighted by molar-refractivity contribution is 7.19. The van der Waals surface area contributed by atoms with E-state index < -0.39 is 8.07 Å². The van der Waals surface area contributed by atoms with Crippen LogP contribution in [0.2, 0.25) is 0 Å². The molecule has 1 aliphatic carbocycles. The minimum absolute atomic E-state index is 0.621. The Balaban J connectivity index is 1.11. The van der Waals surface area contributed by atoms with Crippen LogP contribution >= 0.6 is 0 Å². The molecule has 0 unspecified atom stereocenters. The predicted molar refractivity (Wildman–Crippen MR) is 270 cm³/mol. The van der Waals surface area contributed by atoms with Gasteiger partial charge in [0.15, 0.2) is 8.07 Å². The van der Waals surface area contributed by atoms with Gasteiger partial charge in [-0.3, -0.25) is 0 Å². The van der Waals surface area contributed by atoms with Gasteiger partial charge in [0.05, 0.1) is 27.8 Å². The Labute approximate surface area is 370 Å². The van der Waals surface area contributed by atoms with Gasteiger partial charge in [-0.05, 0) is 105 Å². The molecule has 0 amide bonds. The van der Waals surface area contributed by atoms with E-state index in [0.717, 1.165) is 5.69 Å². The van der Waals surface area contributed by atoms with Crippen molar-refractivity contribution in [2.75, 3.05) is 0 Å². The maximum absolute atomic E-state index is 2.69. The highest BCUT2D eigenvalue weighted by atomic mass is 28.3. The molecule has 0 atom stereocenters. The second-order valence-corrected chi connectivity index (χ2v) is 21.3. The number of benzene rings is 9. The third-order valence-corrected chi connectivity index (χ3v) is 18.9. The van der Waals surface area contributed by atoms with Crippen LogP contribution in [0.25, 0.3) is 66.1 Å². The summed E-state index contributed by atoms with van der Waals surface area (Å²) in [5.41, 5.74) is 11.2. The number of aromatic nitrogens is 2. The van der Waals surface area contributed by atoms with E-state index in [2.05, 4.69) is 234 Å². The van der Waals surface area contributed by atoms with E-state index in [9.17, 15) is 0 Å². The Hall–Kier alpha value is -7.20. The van der Waals surface area contributed by atoms with Gasteiger partial charge in [-0.2, -0.15) is 0 Å². The molecule has 0 radical (unpaired) electrons. The molecule has 0 aliphatic heterocycles. The Kier molecular flexibility index (Phi) is 9.30. The van der Waals surface area contributed by atoms with Crippen molar-refractivity contribution < 1.29 is 0 Å². The summed E-state index contributed by atoms with van der Waals surface area (Å²) < 4.78 is 5.08. The molecule has 12 rings (SSSR count). The van der Waals surface area contributed by atoms with Gasteiger partial charge in [-0.25, -0.2) is 0 Å². The molecule has 0 spiro atoms. The molecule has 1 saturated carbocycles. The molecule has 63 heavy (non-hydrogen) atoms. The number of hydrogen-bond donors (Lipinski definition) is 0. The standard InChI is InChI=1S/C60H48N2Si/c1-6-19-43(20-7-1)45-34-40-56-54(41-45)60-57(31-18-32-58(60)62-55-30-17-16-29-52(55)53-39-33-46(42-59(53)62)44-21-8-2-9-22-44)61(56)47-35-37-51(38-36-47)63(48-23-10-3-11-24-48,49-25-12-4-13-26-49)50-27-14-5-15-28-50/h1,3-7,10-20,23-42,44H,2,8-9,21-22H2. The first-order chi connectivity index (χ1) is 31.3. The van der Waals surface area contributed by atoms with Crippen molar-refractivity contribution >= 4 is 72.4 Å². The SMILES string of the molecule is c1ccc(-c2ccc3c(c2)c2c(-n4c5ccccc5c5ccc(C6CCCCC6)cc54)cccc2n3-c2ccc([Si](c3ccccc3)(c3ccccc3)c3ccccc3)cc2)cc1. The van der Waals surface area contributed by atoms with Crippen LogP contribution in [0.15, 0.2) is 224 Å². The zero-order chi connectivity index (χ0) is 41.7. The molecule has 2 heterocycles. The van der Waals surface area contributed by atoms with Gasteiger partial charge in [-0.1, -0.05) is 195 Å². The zero-order valence-corrected chi connectivity index (χ0v) is 36.4. The Morgan fingerprint density at radius 2 is 0.905 bits per heavy atom. The van der Waals surface area contributed by atoms with Crippen molar-refractivity contribution in [1.82, 2.24) is 9.13 Å². The first-order valence-corrected chi connectivity index (χ1v) is 24.7. The van der Waals surface area contributed by atoms with Crippen molar-refractivity contribution in [2.45, 2.75) is 38.0 Å². The fraction of sp³-hybridized carbons (Fsp3) is 0.100. The lowest BCUT2D eigenvalue weighted by Crippen LogP contribution is -2.74. The molecule has 2 nitrogen and oxygen atoms in total. The molecule has 0 bridgehead atoms. The van der Waals surface area contributed by atoms with Gasteiger partial charge in [0, 0.05) is 27.2 Å². The van der Waals surface area contributed by atoms with Crippen LogP contribution in [-0.4, -0.2) is 17.2 Å². The van der Waals surface area contributed by atoms with Crippen molar-refractivity contribution in [3.8, 4) is 22.5 Å². The first-order valence-electron chi connectivity index (χ1n) is 22.7. The normalized spacial score (nSPS) is 13.7. The molecular weight excluding hydrogens is 777 g/mol. The Morgan fingerprint density at radius 1 is 0.349 bits per heavy atom.